The molecule has 1 aromatic heterocycles. The topological polar surface area (TPSA) is 223 Å². The van der Waals surface area contributed by atoms with E-state index in [0.717, 1.165) is 6.07 Å². The molecule has 1 aliphatic carbocycles. The van der Waals surface area contributed by atoms with Gasteiger partial charge in [0.1, 0.15) is 70.4 Å². The number of rotatable bonds is 5. The Morgan fingerprint density at radius 3 is 1.81 bits per heavy atom. The average Bonchev–Trinajstić information content (AvgIpc) is 3.15. The number of cyclic esters (lactones) is 1. The highest BCUT2D eigenvalue weighted by molar-refractivity contribution is 5.88. The van der Waals surface area contributed by atoms with Crippen molar-refractivity contribution in [1.82, 2.24) is 0 Å². The number of phenolic OH excluding ortho intramolecular Hbond substituents is 4. The molecule has 3 fully saturated rings. The number of hydrogen-bond donors (Lipinski definition) is 6. The van der Waals surface area contributed by atoms with Crippen molar-refractivity contribution in [3.8, 4) is 40.1 Å². The highest BCUT2D eigenvalue weighted by Gasteiger charge is 2.62. The van der Waals surface area contributed by atoms with Gasteiger partial charge in [-0.25, -0.2) is 0 Å². The van der Waals surface area contributed by atoms with Crippen LogP contribution in [0.2, 0.25) is 0 Å². The molecule has 8 rings (SSSR count). The Kier molecular flexibility index (Phi) is 8.44. The van der Waals surface area contributed by atoms with Gasteiger partial charge >= 0.3 is 11.9 Å². The van der Waals surface area contributed by atoms with Gasteiger partial charge in [-0.2, -0.15) is 0 Å². The van der Waals surface area contributed by atoms with E-state index in [9.17, 15) is 45.0 Å². The molecule has 5 aromatic rings. The molecule has 2 saturated heterocycles. The Labute approximate surface area is 299 Å². The normalized spacial score (nSPS) is 28.2. The standard InChI is InChI=1S/C39H32O14/c40-20-7-1-17(2-8-20)26-15-25(44)31-24(43)13-23(14-27(31)51-26)50-39-35(46)34(45)36-28(52-39)16-49-37(47)32-29(18-3-9-21(41)10-4-18)30(33(32)38(48)53-36)19-5-11-22(42)12-6-19/h1-15,28-30,32-36,39-43,45-46H,16H2/t28-,29-,30+,32+,33-,34-,35-,36-,39-/m1/s1. The minimum absolute atomic E-state index is 0.000576. The first-order valence-electron chi connectivity index (χ1n) is 16.7. The van der Waals surface area contributed by atoms with Gasteiger partial charge in [-0.15, -0.1) is 0 Å². The highest BCUT2D eigenvalue weighted by Crippen LogP contribution is 2.59. The van der Waals surface area contributed by atoms with Crippen LogP contribution in [0.15, 0.2) is 100 Å². The molecular formula is C39H32O14. The van der Waals surface area contributed by atoms with Gasteiger partial charge in [0, 0.05) is 35.6 Å². The van der Waals surface area contributed by atoms with Crippen LogP contribution < -0.4 is 10.2 Å². The summed E-state index contributed by atoms with van der Waals surface area (Å²) in [5.41, 5.74) is 1.10. The number of ether oxygens (including phenoxy) is 4. The first kappa shape index (κ1) is 34.0. The lowest BCUT2D eigenvalue weighted by Crippen LogP contribution is -2.61. The predicted octanol–water partition coefficient (Wildman–Crippen LogP) is 3.39. The summed E-state index contributed by atoms with van der Waals surface area (Å²) in [7, 11) is 0. The van der Waals surface area contributed by atoms with Crippen LogP contribution in [0.4, 0.5) is 0 Å². The second-order valence-corrected chi connectivity index (χ2v) is 13.3. The van der Waals surface area contributed by atoms with E-state index in [4.69, 9.17) is 23.4 Å². The number of aliphatic hydroxyl groups is 2. The summed E-state index contributed by atoms with van der Waals surface area (Å²) in [6, 6.07) is 21.9. The van der Waals surface area contributed by atoms with Gasteiger partial charge in [-0.3, -0.25) is 14.4 Å². The Hall–Kier alpha value is -6.09. The second kappa shape index (κ2) is 13.2. The van der Waals surface area contributed by atoms with Gasteiger partial charge < -0.3 is 54.0 Å². The Morgan fingerprint density at radius 1 is 0.642 bits per heavy atom. The third-order valence-electron chi connectivity index (χ3n) is 10.1. The minimum Gasteiger partial charge on any atom is -0.508 e. The Morgan fingerprint density at radius 2 is 1.21 bits per heavy atom. The smallest absolute Gasteiger partial charge is 0.310 e. The molecule has 1 saturated carbocycles. The fourth-order valence-corrected chi connectivity index (χ4v) is 7.53. The van der Waals surface area contributed by atoms with Crippen LogP contribution in [-0.2, 0) is 23.8 Å². The lowest BCUT2D eigenvalue weighted by atomic mass is 9.52. The Bertz CT molecular complexity index is 2250. The van der Waals surface area contributed by atoms with Crippen LogP contribution in [0.3, 0.4) is 0 Å². The van der Waals surface area contributed by atoms with Crippen LogP contribution in [0.5, 0.6) is 28.7 Å². The van der Waals surface area contributed by atoms with Gasteiger partial charge in [0.2, 0.25) is 6.29 Å². The predicted molar refractivity (Wildman–Crippen MR) is 182 cm³/mol. The third kappa shape index (κ3) is 6.05. The summed E-state index contributed by atoms with van der Waals surface area (Å²) in [6.07, 6.45) is -8.04. The van der Waals surface area contributed by atoms with Crippen molar-refractivity contribution in [2.75, 3.05) is 6.61 Å². The van der Waals surface area contributed by atoms with E-state index in [0.29, 0.717) is 16.7 Å². The summed E-state index contributed by atoms with van der Waals surface area (Å²) < 4.78 is 29.2. The van der Waals surface area contributed by atoms with Gasteiger partial charge in [0.25, 0.3) is 0 Å². The highest BCUT2D eigenvalue weighted by atomic mass is 16.7. The van der Waals surface area contributed by atoms with E-state index in [1.807, 2.05) is 0 Å². The summed E-state index contributed by atoms with van der Waals surface area (Å²) in [5.74, 6) is -5.37. The number of aliphatic hydroxyl groups excluding tert-OH is 2. The van der Waals surface area contributed by atoms with Crippen LogP contribution in [-0.4, -0.2) is 79.9 Å². The average molecular weight is 725 g/mol. The van der Waals surface area contributed by atoms with Crippen molar-refractivity contribution in [3.63, 3.8) is 0 Å². The van der Waals surface area contributed by atoms with Crippen LogP contribution in [0.25, 0.3) is 22.3 Å². The molecule has 4 aromatic carbocycles. The molecule has 14 heteroatoms. The zero-order valence-electron chi connectivity index (χ0n) is 27.5. The first-order chi connectivity index (χ1) is 25.5. The molecule has 14 nitrogen and oxygen atoms in total. The molecule has 0 unspecified atom stereocenters. The maximum absolute atomic E-state index is 13.9. The fraction of sp³-hybridized carbons (Fsp3) is 0.256. The third-order valence-corrected chi connectivity index (χ3v) is 10.1. The molecule has 3 aliphatic rings. The van der Waals surface area contributed by atoms with Crippen LogP contribution in [0.1, 0.15) is 23.0 Å². The number of carbonyl (C=O) groups is 2. The van der Waals surface area contributed by atoms with Crippen molar-refractivity contribution >= 4 is 22.9 Å². The van der Waals surface area contributed by atoms with E-state index in [1.165, 1.54) is 60.7 Å². The summed E-state index contributed by atoms with van der Waals surface area (Å²) in [4.78, 5) is 40.6. The fourth-order valence-electron chi connectivity index (χ4n) is 7.53. The van der Waals surface area contributed by atoms with E-state index in [-0.39, 0.29) is 39.7 Å². The number of carbonyl (C=O) groups excluding carboxylic acids is 2. The van der Waals surface area contributed by atoms with Crippen molar-refractivity contribution in [2.45, 2.75) is 42.5 Å². The monoisotopic (exact) mass is 724 g/mol. The maximum atomic E-state index is 13.9. The lowest BCUT2D eigenvalue weighted by Gasteiger charge is -2.49. The molecular weight excluding hydrogens is 692 g/mol. The van der Waals surface area contributed by atoms with Gasteiger partial charge in [0.05, 0.1) is 11.8 Å². The van der Waals surface area contributed by atoms with Gasteiger partial charge in [-0.1, -0.05) is 24.3 Å². The van der Waals surface area contributed by atoms with Crippen molar-refractivity contribution in [1.29, 1.82) is 0 Å². The van der Waals surface area contributed by atoms with Crippen LogP contribution >= 0.6 is 0 Å². The van der Waals surface area contributed by atoms with Crippen molar-refractivity contribution in [3.05, 3.63) is 112 Å². The molecule has 9 atom stereocenters. The number of phenols is 4. The zero-order valence-corrected chi connectivity index (χ0v) is 27.5. The largest absolute Gasteiger partial charge is 0.508 e. The van der Waals surface area contributed by atoms with E-state index < -0.39 is 84.1 Å². The molecule has 2 aliphatic heterocycles. The molecule has 0 spiro atoms. The summed E-state index contributed by atoms with van der Waals surface area (Å²) >= 11 is 0. The van der Waals surface area contributed by atoms with Gasteiger partial charge in [-0.05, 0) is 59.7 Å². The first-order valence-corrected chi connectivity index (χ1v) is 16.7. The molecule has 272 valence electrons. The SMILES string of the molecule is O=C1OC[C@H]2O[C@@H](Oc3cc(O)c4c(=O)cc(-c5ccc(O)cc5)oc4c3)[C@H](O)[C@@H](O)[C@@H]2OC(=O)[C@H]2[C@@H]1[C@H](c1ccc(O)cc1)[C@@H]2c1ccc(O)cc1. The van der Waals surface area contributed by atoms with Crippen molar-refractivity contribution < 1.29 is 63.6 Å². The van der Waals surface area contributed by atoms with E-state index >= 15 is 0 Å². The quantitative estimate of drug-likeness (QED) is 0.143. The molecule has 0 bridgehead atoms. The maximum Gasteiger partial charge on any atom is 0.310 e. The molecule has 53 heavy (non-hydrogen) atoms. The van der Waals surface area contributed by atoms with E-state index in [1.54, 1.807) is 24.3 Å². The second-order valence-electron chi connectivity index (χ2n) is 13.3. The molecule has 0 radical (unpaired) electrons. The van der Waals surface area contributed by atoms with Gasteiger partial charge in [0.15, 0.2) is 11.5 Å². The number of esters is 2. The molecule has 3 heterocycles. The number of fused-ring (bicyclic) bond motifs is 3. The van der Waals surface area contributed by atoms with Crippen LogP contribution in [0, 0.1) is 11.8 Å². The summed E-state index contributed by atoms with van der Waals surface area (Å²) in [5, 5.41) is 62.5. The molecule has 6 N–H and O–H groups in total. The lowest BCUT2D eigenvalue weighted by molar-refractivity contribution is -0.282. The van der Waals surface area contributed by atoms with E-state index in [2.05, 4.69) is 0 Å². The van der Waals surface area contributed by atoms with Crippen molar-refractivity contribution in [2.24, 2.45) is 11.8 Å². The number of benzene rings is 4. The number of aromatic hydroxyl groups is 4. The Balaban J connectivity index is 1.08. The molecule has 0 amide bonds. The summed E-state index contributed by atoms with van der Waals surface area (Å²) in [6.45, 7) is -0.496. The number of hydrogen-bond acceptors (Lipinski definition) is 14. The minimum atomic E-state index is -1.82. The zero-order chi connectivity index (χ0) is 37.1.